The molecule has 0 aliphatic heterocycles. The SMILES string of the molecule is CC(CC#N)n1ccc(-c2cc(C(F)(F)F)cc(C(F)(F)F)c2)n1. The Bertz CT molecular complexity index is 734. The predicted molar refractivity (Wildman–Crippen MR) is 72.6 cm³/mol. The minimum Gasteiger partial charge on any atom is -0.268 e. The van der Waals surface area contributed by atoms with Gasteiger partial charge in [0.15, 0.2) is 0 Å². The molecule has 0 spiro atoms. The summed E-state index contributed by atoms with van der Waals surface area (Å²) in [5.74, 6) is 0. The van der Waals surface area contributed by atoms with E-state index >= 15 is 0 Å². The number of hydrogen-bond donors (Lipinski definition) is 0. The van der Waals surface area contributed by atoms with Crippen molar-refractivity contribution in [1.82, 2.24) is 9.78 Å². The number of halogens is 6. The lowest BCUT2D eigenvalue weighted by Crippen LogP contribution is -2.11. The Hall–Kier alpha value is -2.50. The number of nitriles is 1. The maximum atomic E-state index is 12.9. The van der Waals surface area contributed by atoms with Gasteiger partial charge >= 0.3 is 12.4 Å². The smallest absolute Gasteiger partial charge is 0.268 e. The number of aromatic nitrogens is 2. The first kappa shape index (κ1) is 17.8. The Balaban J connectivity index is 2.52. The Morgan fingerprint density at radius 1 is 1.08 bits per heavy atom. The van der Waals surface area contributed by atoms with E-state index in [1.165, 1.54) is 16.9 Å². The van der Waals surface area contributed by atoms with Crippen molar-refractivity contribution in [1.29, 1.82) is 5.26 Å². The van der Waals surface area contributed by atoms with E-state index < -0.39 is 23.5 Å². The van der Waals surface area contributed by atoms with Crippen LogP contribution < -0.4 is 0 Å². The van der Waals surface area contributed by atoms with Crippen molar-refractivity contribution in [2.24, 2.45) is 0 Å². The summed E-state index contributed by atoms with van der Waals surface area (Å²) < 4.78 is 78.5. The van der Waals surface area contributed by atoms with Crippen molar-refractivity contribution in [2.75, 3.05) is 0 Å². The predicted octanol–water partition coefficient (Wildman–Crippen LogP) is 5.06. The first-order valence-electron chi connectivity index (χ1n) is 6.74. The molecule has 0 bridgehead atoms. The zero-order chi connectivity index (χ0) is 18.1. The molecule has 0 N–H and O–H groups in total. The van der Waals surface area contributed by atoms with Gasteiger partial charge in [-0.2, -0.15) is 36.7 Å². The molecule has 1 aromatic heterocycles. The normalized spacial score (nSPS) is 13.6. The van der Waals surface area contributed by atoms with Gasteiger partial charge in [-0.1, -0.05) is 0 Å². The Morgan fingerprint density at radius 3 is 2.08 bits per heavy atom. The topological polar surface area (TPSA) is 41.6 Å². The molecule has 2 rings (SSSR count). The van der Waals surface area contributed by atoms with E-state index in [4.69, 9.17) is 5.26 Å². The highest BCUT2D eigenvalue weighted by Gasteiger charge is 2.37. The van der Waals surface area contributed by atoms with Crippen molar-refractivity contribution in [3.8, 4) is 17.3 Å². The van der Waals surface area contributed by atoms with Crippen LogP contribution in [-0.2, 0) is 12.4 Å². The Labute approximate surface area is 133 Å². The molecule has 128 valence electrons. The molecule has 0 aliphatic carbocycles. The molecule has 0 amide bonds. The minimum atomic E-state index is -4.91. The van der Waals surface area contributed by atoms with Gasteiger partial charge in [0.2, 0.25) is 0 Å². The second-order valence-corrected chi connectivity index (χ2v) is 5.19. The summed E-state index contributed by atoms with van der Waals surface area (Å²) >= 11 is 0. The maximum absolute atomic E-state index is 12.9. The van der Waals surface area contributed by atoms with Crippen molar-refractivity contribution >= 4 is 0 Å². The minimum absolute atomic E-state index is 0.0311. The number of benzene rings is 1. The molecule has 9 heteroatoms. The van der Waals surface area contributed by atoms with Gasteiger partial charge in [-0.3, -0.25) is 4.68 Å². The largest absolute Gasteiger partial charge is 0.416 e. The van der Waals surface area contributed by atoms with Gasteiger partial charge in [-0.15, -0.1) is 0 Å². The second kappa shape index (κ2) is 6.19. The fraction of sp³-hybridized carbons (Fsp3) is 0.333. The van der Waals surface area contributed by atoms with E-state index in [1.807, 2.05) is 6.07 Å². The lowest BCUT2D eigenvalue weighted by atomic mass is 10.0. The van der Waals surface area contributed by atoms with E-state index in [9.17, 15) is 26.3 Å². The summed E-state index contributed by atoms with van der Waals surface area (Å²) in [6.45, 7) is 1.66. The summed E-state index contributed by atoms with van der Waals surface area (Å²) in [6.07, 6.45) is -8.30. The van der Waals surface area contributed by atoms with Crippen LogP contribution in [0.4, 0.5) is 26.3 Å². The Kier molecular flexibility index (Phi) is 4.60. The molecule has 24 heavy (non-hydrogen) atoms. The first-order chi connectivity index (χ1) is 11.0. The van der Waals surface area contributed by atoms with E-state index in [0.717, 1.165) is 0 Å². The second-order valence-electron chi connectivity index (χ2n) is 5.19. The zero-order valence-electron chi connectivity index (χ0n) is 12.3. The molecule has 0 aliphatic rings. The lowest BCUT2D eigenvalue weighted by molar-refractivity contribution is -0.143. The molecule has 1 heterocycles. The van der Waals surface area contributed by atoms with Gasteiger partial charge in [0.25, 0.3) is 0 Å². The van der Waals surface area contributed by atoms with E-state index in [2.05, 4.69) is 5.10 Å². The van der Waals surface area contributed by atoms with Crippen molar-refractivity contribution in [3.05, 3.63) is 41.6 Å². The molecule has 0 saturated carbocycles. The van der Waals surface area contributed by atoms with Crippen LogP contribution in [0.15, 0.2) is 30.5 Å². The third kappa shape index (κ3) is 3.88. The summed E-state index contributed by atoms with van der Waals surface area (Å²) in [7, 11) is 0. The summed E-state index contributed by atoms with van der Waals surface area (Å²) in [5.41, 5.74) is -3.12. The van der Waals surface area contributed by atoms with Crippen molar-refractivity contribution < 1.29 is 26.3 Å². The summed E-state index contributed by atoms with van der Waals surface area (Å²) in [5, 5.41) is 12.6. The van der Waals surface area contributed by atoms with Gasteiger partial charge in [-0.05, 0) is 31.2 Å². The van der Waals surface area contributed by atoms with E-state index in [0.29, 0.717) is 12.1 Å². The standard InChI is InChI=1S/C15H11F6N3/c1-9(2-4-22)24-5-3-13(23-24)10-6-11(14(16,17)18)8-12(7-10)15(19,20)21/h3,5-9H,2H2,1H3. The molecule has 2 aromatic rings. The van der Waals surface area contributed by atoms with E-state index in [1.54, 1.807) is 6.92 Å². The molecule has 3 nitrogen and oxygen atoms in total. The van der Waals surface area contributed by atoms with Gasteiger partial charge in [0.1, 0.15) is 0 Å². The lowest BCUT2D eigenvalue weighted by Gasteiger charge is -2.13. The van der Waals surface area contributed by atoms with Gasteiger partial charge in [0.05, 0.1) is 35.4 Å². The molecular formula is C15H11F6N3. The van der Waals surface area contributed by atoms with Crippen LogP contribution in [0.25, 0.3) is 11.3 Å². The fourth-order valence-corrected chi connectivity index (χ4v) is 2.07. The Morgan fingerprint density at radius 2 is 1.62 bits per heavy atom. The molecule has 1 aromatic carbocycles. The van der Waals surface area contributed by atoms with E-state index in [-0.39, 0.29) is 29.8 Å². The van der Waals surface area contributed by atoms with Crippen LogP contribution in [0, 0.1) is 11.3 Å². The zero-order valence-corrected chi connectivity index (χ0v) is 12.3. The van der Waals surface area contributed by atoms with Crippen LogP contribution >= 0.6 is 0 Å². The monoisotopic (exact) mass is 347 g/mol. The van der Waals surface area contributed by atoms with Crippen LogP contribution in [0.3, 0.4) is 0 Å². The molecule has 0 saturated heterocycles. The summed E-state index contributed by atoms with van der Waals surface area (Å²) in [6, 6.07) is 4.19. The molecule has 1 unspecified atom stereocenters. The average Bonchev–Trinajstić information content (AvgIpc) is 2.95. The quantitative estimate of drug-likeness (QED) is 0.728. The fourth-order valence-electron chi connectivity index (χ4n) is 2.07. The molecule has 0 radical (unpaired) electrons. The highest BCUT2D eigenvalue weighted by molar-refractivity contribution is 5.61. The molecular weight excluding hydrogens is 336 g/mol. The number of nitrogens with zero attached hydrogens (tertiary/aromatic N) is 3. The number of rotatable bonds is 3. The first-order valence-corrected chi connectivity index (χ1v) is 6.74. The van der Waals surface area contributed by atoms with Crippen LogP contribution in [0.5, 0.6) is 0 Å². The average molecular weight is 347 g/mol. The number of hydrogen-bond acceptors (Lipinski definition) is 2. The van der Waals surface area contributed by atoms with Gasteiger partial charge < -0.3 is 0 Å². The van der Waals surface area contributed by atoms with Gasteiger partial charge in [-0.25, -0.2) is 0 Å². The maximum Gasteiger partial charge on any atom is 0.416 e. The summed E-state index contributed by atoms with van der Waals surface area (Å²) in [4.78, 5) is 0. The van der Waals surface area contributed by atoms with Crippen molar-refractivity contribution in [2.45, 2.75) is 31.7 Å². The van der Waals surface area contributed by atoms with Crippen molar-refractivity contribution in [3.63, 3.8) is 0 Å². The van der Waals surface area contributed by atoms with Crippen LogP contribution in [0.2, 0.25) is 0 Å². The third-order valence-corrected chi connectivity index (χ3v) is 3.33. The third-order valence-electron chi connectivity index (χ3n) is 3.33. The van der Waals surface area contributed by atoms with Crippen LogP contribution in [0.1, 0.15) is 30.5 Å². The molecule has 1 atom stereocenters. The molecule has 0 fully saturated rings. The van der Waals surface area contributed by atoms with Crippen LogP contribution in [-0.4, -0.2) is 9.78 Å². The number of alkyl halides is 6. The highest BCUT2D eigenvalue weighted by Crippen LogP contribution is 2.38. The highest BCUT2D eigenvalue weighted by atomic mass is 19.4. The van der Waals surface area contributed by atoms with Gasteiger partial charge in [0, 0.05) is 11.8 Å².